The molecular formula is C18H20BrFO. The summed E-state index contributed by atoms with van der Waals surface area (Å²) in [5, 5.41) is 0. The summed E-state index contributed by atoms with van der Waals surface area (Å²) in [7, 11) is 1.56. The summed E-state index contributed by atoms with van der Waals surface area (Å²) in [6.45, 7) is 6.52. The molecule has 1 nitrogen and oxygen atoms in total. The van der Waals surface area contributed by atoms with Gasteiger partial charge in [-0.15, -0.1) is 0 Å². The van der Waals surface area contributed by atoms with Gasteiger partial charge < -0.3 is 4.74 Å². The molecule has 21 heavy (non-hydrogen) atoms. The number of halogens is 2. The van der Waals surface area contributed by atoms with Crippen molar-refractivity contribution in [2.24, 2.45) is 0 Å². The highest BCUT2D eigenvalue weighted by molar-refractivity contribution is 9.09. The molecule has 2 aromatic rings. The van der Waals surface area contributed by atoms with Gasteiger partial charge in [0.2, 0.25) is 0 Å². The Morgan fingerprint density at radius 2 is 1.67 bits per heavy atom. The third-order valence-electron chi connectivity index (χ3n) is 3.56. The monoisotopic (exact) mass is 350 g/mol. The molecule has 0 spiro atoms. The second-order valence-electron chi connectivity index (χ2n) is 6.09. The van der Waals surface area contributed by atoms with Gasteiger partial charge in [-0.2, -0.15) is 0 Å². The van der Waals surface area contributed by atoms with Crippen LogP contribution in [0.3, 0.4) is 0 Å². The minimum absolute atomic E-state index is 0.107. The summed E-state index contributed by atoms with van der Waals surface area (Å²) in [6, 6.07) is 13.1. The fourth-order valence-corrected chi connectivity index (χ4v) is 3.01. The predicted molar refractivity (Wildman–Crippen MR) is 88.9 cm³/mol. The second kappa shape index (κ2) is 6.18. The van der Waals surface area contributed by atoms with Crippen LogP contribution in [-0.4, -0.2) is 7.11 Å². The van der Waals surface area contributed by atoms with Crippen molar-refractivity contribution in [1.29, 1.82) is 0 Å². The number of rotatable bonds is 3. The largest absolute Gasteiger partial charge is 0.496 e. The Morgan fingerprint density at radius 3 is 2.19 bits per heavy atom. The lowest BCUT2D eigenvalue weighted by Crippen LogP contribution is -2.11. The quantitative estimate of drug-likeness (QED) is 0.653. The predicted octanol–water partition coefficient (Wildman–Crippen LogP) is 5.62. The molecule has 1 atom stereocenters. The summed E-state index contributed by atoms with van der Waals surface area (Å²) in [5.41, 5.74) is 2.90. The zero-order chi connectivity index (χ0) is 15.6. The van der Waals surface area contributed by atoms with Crippen LogP contribution in [0.4, 0.5) is 4.39 Å². The van der Waals surface area contributed by atoms with Crippen LogP contribution in [0.2, 0.25) is 0 Å². The summed E-state index contributed by atoms with van der Waals surface area (Å²) in [5.74, 6) is 0.285. The van der Waals surface area contributed by atoms with Crippen LogP contribution in [0.15, 0.2) is 42.5 Å². The molecule has 2 aromatic carbocycles. The average molecular weight is 351 g/mol. The molecule has 112 valence electrons. The van der Waals surface area contributed by atoms with Gasteiger partial charge in [-0.3, -0.25) is 0 Å². The summed E-state index contributed by atoms with van der Waals surface area (Å²) < 4.78 is 19.4. The van der Waals surface area contributed by atoms with Crippen molar-refractivity contribution in [1.82, 2.24) is 0 Å². The van der Waals surface area contributed by atoms with Crippen molar-refractivity contribution in [3.8, 4) is 5.75 Å². The van der Waals surface area contributed by atoms with Crippen molar-refractivity contribution < 1.29 is 9.13 Å². The number of benzene rings is 2. The third-order valence-corrected chi connectivity index (χ3v) is 4.54. The van der Waals surface area contributed by atoms with E-state index in [1.165, 1.54) is 11.6 Å². The maximum Gasteiger partial charge on any atom is 0.131 e. The van der Waals surface area contributed by atoms with Gasteiger partial charge in [-0.05, 0) is 28.7 Å². The molecule has 0 heterocycles. The van der Waals surface area contributed by atoms with Crippen LogP contribution < -0.4 is 4.74 Å². The zero-order valence-electron chi connectivity index (χ0n) is 12.8. The maximum atomic E-state index is 14.1. The minimum Gasteiger partial charge on any atom is -0.496 e. The van der Waals surface area contributed by atoms with Gasteiger partial charge in [0.05, 0.1) is 11.9 Å². The Bertz CT molecular complexity index is 614. The highest BCUT2D eigenvalue weighted by Gasteiger charge is 2.20. The Hall–Kier alpha value is -1.35. The highest BCUT2D eigenvalue weighted by atomic mass is 79.9. The Labute approximate surface area is 134 Å². The first-order valence-corrected chi connectivity index (χ1v) is 7.83. The fraction of sp³-hybridized carbons (Fsp3) is 0.333. The number of ether oxygens (including phenoxy) is 1. The van der Waals surface area contributed by atoms with E-state index in [2.05, 4.69) is 48.8 Å². The van der Waals surface area contributed by atoms with Crippen LogP contribution >= 0.6 is 15.9 Å². The lowest BCUT2D eigenvalue weighted by molar-refractivity contribution is 0.405. The number of hydrogen-bond donors (Lipinski definition) is 0. The molecule has 0 fully saturated rings. The molecule has 2 rings (SSSR count). The van der Waals surface area contributed by atoms with Crippen LogP contribution in [0, 0.1) is 5.82 Å². The van der Waals surface area contributed by atoms with Crippen molar-refractivity contribution in [3.63, 3.8) is 0 Å². The van der Waals surface area contributed by atoms with Gasteiger partial charge in [0.25, 0.3) is 0 Å². The van der Waals surface area contributed by atoms with E-state index < -0.39 is 0 Å². The van der Waals surface area contributed by atoms with E-state index in [1.807, 2.05) is 12.1 Å². The average Bonchev–Trinajstić information content (AvgIpc) is 2.45. The molecule has 3 heteroatoms. The smallest absolute Gasteiger partial charge is 0.131 e. The lowest BCUT2D eigenvalue weighted by atomic mass is 9.86. The Kier molecular flexibility index (Phi) is 4.72. The zero-order valence-corrected chi connectivity index (χ0v) is 14.4. The first-order chi connectivity index (χ1) is 9.84. The number of methoxy groups -OCH3 is 1. The van der Waals surface area contributed by atoms with E-state index in [0.717, 1.165) is 5.56 Å². The molecule has 0 bridgehead atoms. The first-order valence-electron chi connectivity index (χ1n) is 6.91. The standard InChI is InChI=1S/C18H20BrFO/c1-18(2,3)13-10-8-12(9-11-13)17(19)16-14(20)6-5-7-15(16)21-4/h5-11,17H,1-4H3. The third kappa shape index (κ3) is 3.46. The molecule has 0 aromatic heterocycles. The van der Waals surface area contributed by atoms with Crippen molar-refractivity contribution in [2.45, 2.75) is 31.0 Å². The van der Waals surface area contributed by atoms with Crippen LogP contribution in [0.5, 0.6) is 5.75 Å². The molecule has 1 unspecified atom stereocenters. The SMILES string of the molecule is COc1cccc(F)c1C(Br)c1ccc(C(C)(C)C)cc1. The lowest BCUT2D eigenvalue weighted by Gasteiger charge is -2.20. The van der Waals surface area contributed by atoms with Crippen molar-refractivity contribution >= 4 is 15.9 Å². The van der Waals surface area contributed by atoms with E-state index in [-0.39, 0.29) is 16.1 Å². The van der Waals surface area contributed by atoms with Gasteiger partial charge in [0.1, 0.15) is 11.6 Å². The molecule has 0 saturated heterocycles. The van der Waals surface area contributed by atoms with Gasteiger partial charge in [-0.1, -0.05) is 67.0 Å². The maximum absolute atomic E-state index is 14.1. The molecule has 0 radical (unpaired) electrons. The molecular weight excluding hydrogens is 331 g/mol. The van der Waals surface area contributed by atoms with Crippen LogP contribution in [-0.2, 0) is 5.41 Å². The molecule has 0 aliphatic heterocycles. The van der Waals surface area contributed by atoms with Gasteiger partial charge in [0, 0.05) is 5.56 Å². The fourth-order valence-electron chi connectivity index (χ4n) is 2.26. The summed E-state index contributed by atoms with van der Waals surface area (Å²) in [4.78, 5) is -0.234. The van der Waals surface area contributed by atoms with Crippen LogP contribution in [0.25, 0.3) is 0 Å². The van der Waals surface area contributed by atoms with Crippen molar-refractivity contribution in [2.75, 3.05) is 7.11 Å². The normalized spacial score (nSPS) is 13.0. The molecule has 0 aliphatic carbocycles. The summed E-state index contributed by atoms with van der Waals surface area (Å²) in [6.07, 6.45) is 0. The van der Waals surface area contributed by atoms with Gasteiger partial charge in [0.15, 0.2) is 0 Å². The highest BCUT2D eigenvalue weighted by Crippen LogP contribution is 2.38. The first kappa shape index (κ1) is 16.0. The number of alkyl halides is 1. The molecule has 0 saturated carbocycles. The summed E-state index contributed by atoms with van der Waals surface area (Å²) >= 11 is 3.59. The minimum atomic E-state index is -0.267. The molecule has 0 amide bonds. The van der Waals surface area contributed by atoms with Crippen LogP contribution in [0.1, 0.15) is 42.3 Å². The van der Waals surface area contributed by atoms with E-state index in [4.69, 9.17) is 4.74 Å². The van der Waals surface area contributed by atoms with E-state index in [1.54, 1.807) is 19.2 Å². The van der Waals surface area contributed by atoms with E-state index in [9.17, 15) is 4.39 Å². The van der Waals surface area contributed by atoms with Gasteiger partial charge >= 0.3 is 0 Å². The molecule has 0 N–H and O–H groups in total. The Morgan fingerprint density at radius 1 is 1.05 bits per heavy atom. The molecule has 0 aliphatic rings. The van der Waals surface area contributed by atoms with E-state index in [0.29, 0.717) is 11.3 Å². The van der Waals surface area contributed by atoms with Gasteiger partial charge in [-0.25, -0.2) is 4.39 Å². The van der Waals surface area contributed by atoms with E-state index >= 15 is 0 Å². The second-order valence-corrected chi connectivity index (χ2v) is 7.01. The Balaban J connectivity index is 2.39. The van der Waals surface area contributed by atoms with Crippen molar-refractivity contribution in [3.05, 3.63) is 65.0 Å². The number of hydrogen-bond acceptors (Lipinski definition) is 1. The topological polar surface area (TPSA) is 9.23 Å².